The molecule has 2 fully saturated rings. The zero-order chi connectivity index (χ0) is 14.2. The number of rotatable bonds is 2. The Kier molecular flexibility index (Phi) is 3.74. The smallest absolute Gasteiger partial charge is 0.411 e. The second-order valence-electron chi connectivity index (χ2n) is 6.43. The Bertz CT molecular complexity index is 370. The molecule has 2 atom stereocenters. The Labute approximate surface area is 114 Å². The number of ether oxygens (including phenoxy) is 2. The molecule has 1 aliphatic carbocycles. The van der Waals surface area contributed by atoms with Gasteiger partial charge in [-0.1, -0.05) is 0 Å². The minimum atomic E-state index is -0.546. The number of hydrogen-bond acceptors (Lipinski definition) is 4. The highest BCUT2D eigenvalue weighted by molar-refractivity contribution is 5.82. The molecule has 2 unspecified atom stereocenters. The van der Waals surface area contributed by atoms with Gasteiger partial charge in [0.25, 0.3) is 0 Å². The molecule has 0 bridgehead atoms. The van der Waals surface area contributed by atoms with Crippen molar-refractivity contribution in [2.75, 3.05) is 13.7 Å². The summed E-state index contributed by atoms with van der Waals surface area (Å²) in [6.07, 6.45) is 2.76. The van der Waals surface area contributed by atoms with Crippen molar-refractivity contribution in [2.45, 2.75) is 51.7 Å². The van der Waals surface area contributed by atoms with Crippen LogP contribution in [0, 0.1) is 11.8 Å². The van der Waals surface area contributed by atoms with Crippen LogP contribution in [0.4, 0.5) is 4.79 Å². The summed E-state index contributed by atoms with van der Waals surface area (Å²) in [6, 6.07) is -0.465. The van der Waals surface area contributed by atoms with Gasteiger partial charge in [-0.15, -0.1) is 0 Å². The van der Waals surface area contributed by atoms with Crippen LogP contribution in [-0.2, 0) is 14.3 Å². The van der Waals surface area contributed by atoms with Crippen molar-refractivity contribution in [3.8, 4) is 0 Å². The molecular weight excluding hydrogens is 246 g/mol. The maximum Gasteiger partial charge on any atom is 0.411 e. The van der Waals surface area contributed by atoms with E-state index in [4.69, 9.17) is 9.47 Å². The van der Waals surface area contributed by atoms with Crippen LogP contribution < -0.4 is 0 Å². The van der Waals surface area contributed by atoms with Crippen molar-refractivity contribution in [2.24, 2.45) is 11.8 Å². The first-order chi connectivity index (χ1) is 8.83. The standard InChI is InChI=1S/C14H23NO4/c1-14(2,3)19-13(17)15-8-7-10(9-5-6-9)11(15)12(16)18-4/h9-11H,5-8H2,1-4H3. The lowest BCUT2D eigenvalue weighted by molar-refractivity contribution is -0.147. The van der Waals surface area contributed by atoms with Gasteiger partial charge in [0, 0.05) is 6.54 Å². The summed E-state index contributed by atoms with van der Waals surface area (Å²) >= 11 is 0. The summed E-state index contributed by atoms with van der Waals surface area (Å²) in [4.78, 5) is 25.7. The van der Waals surface area contributed by atoms with Gasteiger partial charge in [-0.05, 0) is 51.9 Å². The van der Waals surface area contributed by atoms with Crippen LogP contribution in [0.5, 0.6) is 0 Å². The van der Waals surface area contributed by atoms with E-state index >= 15 is 0 Å². The fourth-order valence-electron chi connectivity index (χ4n) is 2.78. The van der Waals surface area contributed by atoms with E-state index in [0.717, 1.165) is 19.3 Å². The first-order valence-corrected chi connectivity index (χ1v) is 6.91. The second-order valence-corrected chi connectivity index (χ2v) is 6.43. The molecule has 1 amide bonds. The number of hydrogen-bond donors (Lipinski definition) is 0. The number of carbonyl (C=O) groups is 2. The van der Waals surface area contributed by atoms with Crippen molar-refractivity contribution in [1.29, 1.82) is 0 Å². The molecule has 108 valence electrons. The molecule has 0 aromatic rings. The molecule has 5 heteroatoms. The predicted molar refractivity (Wildman–Crippen MR) is 69.6 cm³/mol. The summed E-state index contributed by atoms with van der Waals surface area (Å²) in [5, 5.41) is 0. The summed E-state index contributed by atoms with van der Waals surface area (Å²) in [7, 11) is 1.37. The normalized spacial score (nSPS) is 27.3. The Balaban J connectivity index is 2.10. The topological polar surface area (TPSA) is 55.8 Å². The van der Waals surface area contributed by atoms with Crippen LogP contribution >= 0.6 is 0 Å². The number of nitrogens with zero attached hydrogens (tertiary/aromatic N) is 1. The third kappa shape index (κ3) is 3.19. The first kappa shape index (κ1) is 14.2. The van der Waals surface area contributed by atoms with E-state index in [1.165, 1.54) is 7.11 Å². The van der Waals surface area contributed by atoms with Gasteiger partial charge in [0.05, 0.1) is 7.11 Å². The molecule has 2 aliphatic rings. The number of methoxy groups -OCH3 is 1. The lowest BCUT2D eigenvalue weighted by atomic mass is 9.95. The zero-order valence-corrected chi connectivity index (χ0v) is 12.1. The van der Waals surface area contributed by atoms with Crippen molar-refractivity contribution in [3.63, 3.8) is 0 Å². The molecule has 19 heavy (non-hydrogen) atoms. The molecule has 1 saturated carbocycles. The van der Waals surface area contributed by atoms with Gasteiger partial charge >= 0.3 is 12.1 Å². The van der Waals surface area contributed by atoms with Crippen LogP contribution in [0.1, 0.15) is 40.0 Å². The largest absolute Gasteiger partial charge is 0.467 e. The SMILES string of the molecule is COC(=O)C1C(C2CC2)CCN1C(=O)OC(C)(C)C. The lowest BCUT2D eigenvalue weighted by Gasteiger charge is -2.29. The van der Waals surface area contributed by atoms with Gasteiger partial charge in [-0.25, -0.2) is 9.59 Å². The molecule has 1 saturated heterocycles. The van der Waals surface area contributed by atoms with E-state index in [1.54, 1.807) is 4.90 Å². The van der Waals surface area contributed by atoms with Crippen LogP contribution in [0.15, 0.2) is 0 Å². The van der Waals surface area contributed by atoms with Gasteiger partial charge in [0.15, 0.2) is 0 Å². The monoisotopic (exact) mass is 269 g/mol. The average molecular weight is 269 g/mol. The molecule has 2 rings (SSSR count). The molecule has 0 N–H and O–H groups in total. The summed E-state index contributed by atoms with van der Waals surface area (Å²) in [5.74, 6) is 0.483. The zero-order valence-electron chi connectivity index (χ0n) is 12.1. The Morgan fingerprint density at radius 1 is 1.16 bits per heavy atom. The highest BCUT2D eigenvalue weighted by Gasteiger charge is 2.49. The highest BCUT2D eigenvalue weighted by Crippen LogP contribution is 2.45. The summed E-state index contributed by atoms with van der Waals surface area (Å²) in [6.45, 7) is 6.06. The van der Waals surface area contributed by atoms with Crippen molar-refractivity contribution in [3.05, 3.63) is 0 Å². The number of esters is 1. The lowest BCUT2D eigenvalue weighted by Crippen LogP contribution is -2.46. The molecule has 1 aliphatic heterocycles. The van der Waals surface area contributed by atoms with E-state index in [1.807, 2.05) is 20.8 Å². The van der Waals surface area contributed by atoms with E-state index in [0.29, 0.717) is 12.5 Å². The fourth-order valence-corrected chi connectivity index (χ4v) is 2.78. The van der Waals surface area contributed by atoms with Crippen LogP contribution in [-0.4, -0.2) is 42.3 Å². The Hall–Kier alpha value is -1.26. The molecule has 0 aromatic heterocycles. The number of likely N-dealkylation sites (tertiary alicyclic amines) is 1. The number of amides is 1. The molecule has 0 radical (unpaired) electrons. The van der Waals surface area contributed by atoms with Crippen LogP contribution in [0.25, 0.3) is 0 Å². The Morgan fingerprint density at radius 3 is 2.26 bits per heavy atom. The van der Waals surface area contributed by atoms with E-state index in [2.05, 4.69) is 0 Å². The molecule has 1 heterocycles. The van der Waals surface area contributed by atoms with Gasteiger partial charge in [0.2, 0.25) is 0 Å². The quantitative estimate of drug-likeness (QED) is 0.721. The minimum Gasteiger partial charge on any atom is -0.467 e. The average Bonchev–Trinajstić information content (AvgIpc) is 3.04. The van der Waals surface area contributed by atoms with E-state index in [9.17, 15) is 9.59 Å². The predicted octanol–water partition coefficient (Wildman–Crippen LogP) is 2.20. The number of carbonyl (C=O) groups excluding carboxylic acids is 2. The second kappa shape index (κ2) is 5.02. The van der Waals surface area contributed by atoms with E-state index in [-0.39, 0.29) is 11.9 Å². The minimum absolute atomic E-state index is 0.236. The van der Waals surface area contributed by atoms with Crippen LogP contribution in [0.3, 0.4) is 0 Å². The summed E-state index contributed by atoms with van der Waals surface area (Å²) < 4.78 is 10.2. The third-order valence-corrected chi connectivity index (χ3v) is 3.74. The third-order valence-electron chi connectivity index (χ3n) is 3.74. The molecule has 0 aromatic carbocycles. The summed E-state index contributed by atoms with van der Waals surface area (Å²) in [5.41, 5.74) is -0.546. The van der Waals surface area contributed by atoms with Crippen molar-refractivity contribution in [1.82, 2.24) is 4.90 Å². The van der Waals surface area contributed by atoms with Gasteiger partial charge in [0.1, 0.15) is 11.6 Å². The maximum absolute atomic E-state index is 12.2. The van der Waals surface area contributed by atoms with Gasteiger partial charge < -0.3 is 9.47 Å². The highest BCUT2D eigenvalue weighted by atomic mass is 16.6. The van der Waals surface area contributed by atoms with Crippen LogP contribution in [0.2, 0.25) is 0 Å². The molecule has 5 nitrogen and oxygen atoms in total. The Morgan fingerprint density at radius 2 is 1.79 bits per heavy atom. The fraction of sp³-hybridized carbons (Fsp3) is 0.857. The maximum atomic E-state index is 12.2. The van der Waals surface area contributed by atoms with Gasteiger partial charge in [-0.2, -0.15) is 0 Å². The van der Waals surface area contributed by atoms with E-state index < -0.39 is 17.7 Å². The van der Waals surface area contributed by atoms with Crippen molar-refractivity contribution >= 4 is 12.1 Å². The van der Waals surface area contributed by atoms with Gasteiger partial charge in [-0.3, -0.25) is 4.90 Å². The molecular formula is C14H23NO4. The molecule has 0 spiro atoms. The first-order valence-electron chi connectivity index (χ1n) is 6.91. The van der Waals surface area contributed by atoms with Crippen molar-refractivity contribution < 1.29 is 19.1 Å².